The molecule has 0 aliphatic heterocycles. The Morgan fingerprint density at radius 2 is 1.29 bits per heavy atom. The Balaban J connectivity index is 1.92. The van der Waals surface area contributed by atoms with Crippen LogP contribution in [0.1, 0.15) is 57.1 Å². The second-order valence-corrected chi connectivity index (χ2v) is 9.98. The Labute approximate surface area is 206 Å². The quantitative estimate of drug-likeness (QED) is 0.296. The SMILES string of the molecule is Cc1ccc(O)c(NC(=O)C(C(=O)Nc2cc(C)ccc2O)C(C)(C)C(=O)NC2CCCCC2)c1. The van der Waals surface area contributed by atoms with Crippen LogP contribution in [0.15, 0.2) is 36.4 Å². The van der Waals surface area contributed by atoms with E-state index in [1.807, 2.05) is 0 Å². The van der Waals surface area contributed by atoms with Gasteiger partial charge in [-0.3, -0.25) is 14.4 Å². The molecular weight excluding hydrogens is 446 g/mol. The molecule has 8 heteroatoms. The number of aryl methyl sites for hydroxylation is 2. The third-order valence-corrected chi connectivity index (χ3v) is 6.59. The van der Waals surface area contributed by atoms with Gasteiger partial charge < -0.3 is 26.2 Å². The van der Waals surface area contributed by atoms with Crippen LogP contribution < -0.4 is 16.0 Å². The van der Waals surface area contributed by atoms with Crippen LogP contribution in [0.2, 0.25) is 0 Å². The number of carbonyl (C=O) groups is 3. The number of amides is 3. The number of hydrogen-bond donors (Lipinski definition) is 5. The molecule has 5 N–H and O–H groups in total. The molecule has 1 saturated carbocycles. The average Bonchev–Trinajstić information content (AvgIpc) is 2.79. The van der Waals surface area contributed by atoms with E-state index >= 15 is 0 Å². The standard InChI is InChI=1S/C27H35N3O5/c1-16-10-12-21(31)19(14-16)29-24(33)23(25(34)30-20-15-17(2)11-13-22(20)32)27(3,4)26(35)28-18-8-6-5-7-9-18/h10-15,18,23,31-32H,5-9H2,1-4H3,(H,28,35)(H,29,33)(H,30,34). The number of hydrogen-bond acceptors (Lipinski definition) is 5. The van der Waals surface area contributed by atoms with Gasteiger partial charge in [0.15, 0.2) is 0 Å². The molecule has 188 valence electrons. The van der Waals surface area contributed by atoms with Crippen LogP contribution in [-0.2, 0) is 14.4 Å². The summed E-state index contributed by atoms with van der Waals surface area (Å²) in [6.07, 6.45) is 4.89. The molecule has 35 heavy (non-hydrogen) atoms. The second-order valence-electron chi connectivity index (χ2n) is 9.98. The molecule has 0 atom stereocenters. The van der Waals surface area contributed by atoms with E-state index in [1.165, 1.54) is 12.1 Å². The minimum Gasteiger partial charge on any atom is -0.506 e. The number of carbonyl (C=O) groups excluding carboxylic acids is 3. The highest BCUT2D eigenvalue weighted by Crippen LogP contribution is 2.34. The second kappa shape index (κ2) is 10.8. The van der Waals surface area contributed by atoms with Gasteiger partial charge in [0.1, 0.15) is 17.4 Å². The fraction of sp³-hybridized carbons (Fsp3) is 0.444. The van der Waals surface area contributed by atoms with Crippen molar-refractivity contribution in [2.45, 2.75) is 65.8 Å². The zero-order valence-electron chi connectivity index (χ0n) is 20.8. The van der Waals surface area contributed by atoms with Gasteiger partial charge in [-0.25, -0.2) is 0 Å². The topological polar surface area (TPSA) is 128 Å². The lowest BCUT2D eigenvalue weighted by molar-refractivity contribution is -0.144. The van der Waals surface area contributed by atoms with Gasteiger partial charge in [-0.15, -0.1) is 0 Å². The minimum absolute atomic E-state index is 0.00364. The van der Waals surface area contributed by atoms with Gasteiger partial charge in [-0.1, -0.05) is 31.4 Å². The Kier molecular flexibility index (Phi) is 8.04. The summed E-state index contributed by atoms with van der Waals surface area (Å²) >= 11 is 0. The molecular formula is C27H35N3O5. The van der Waals surface area contributed by atoms with Crippen molar-refractivity contribution in [2.24, 2.45) is 11.3 Å². The Bertz CT molecular complexity index is 1040. The third-order valence-electron chi connectivity index (χ3n) is 6.59. The largest absolute Gasteiger partial charge is 0.506 e. The molecule has 2 aromatic rings. The lowest BCUT2D eigenvalue weighted by Crippen LogP contribution is -2.53. The molecule has 0 heterocycles. The molecule has 3 rings (SSSR count). The lowest BCUT2D eigenvalue weighted by Gasteiger charge is -2.34. The summed E-state index contributed by atoms with van der Waals surface area (Å²) in [6.45, 7) is 6.73. The molecule has 1 fully saturated rings. The summed E-state index contributed by atoms with van der Waals surface area (Å²) in [7, 11) is 0. The fourth-order valence-electron chi connectivity index (χ4n) is 4.43. The van der Waals surface area contributed by atoms with Crippen molar-refractivity contribution in [3.63, 3.8) is 0 Å². The zero-order chi connectivity index (χ0) is 25.8. The first-order valence-electron chi connectivity index (χ1n) is 12.0. The Morgan fingerprint density at radius 3 is 1.74 bits per heavy atom. The molecule has 2 aromatic carbocycles. The minimum atomic E-state index is -1.45. The summed E-state index contributed by atoms with van der Waals surface area (Å²) in [4.78, 5) is 40.3. The third kappa shape index (κ3) is 6.32. The number of anilines is 2. The van der Waals surface area contributed by atoms with E-state index in [4.69, 9.17) is 0 Å². The highest BCUT2D eigenvalue weighted by atomic mass is 16.3. The normalized spacial score (nSPS) is 14.4. The van der Waals surface area contributed by atoms with Gasteiger partial charge in [0.25, 0.3) is 0 Å². The van der Waals surface area contributed by atoms with E-state index in [1.54, 1.807) is 52.0 Å². The van der Waals surface area contributed by atoms with E-state index in [9.17, 15) is 24.6 Å². The molecule has 1 aliphatic rings. The van der Waals surface area contributed by atoms with Crippen molar-refractivity contribution >= 4 is 29.1 Å². The molecule has 0 radical (unpaired) electrons. The van der Waals surface area contributed by atoms with Crippen LogP contribution in [0, 0.1) is 25.2 Å². The highest BCUT2D eigenvalue weighted by Gasteiger charge is 2.47. The molecule has 0 saturated heterocycles. The maximum absolute atomic E-state index is 13.5. The van der Waals surface area contributed by atoms with Gasteiger partial charge >= 0.3 is 0 Å². The monoisotopic (exact) mass is 481 g/mol. The van der Waals surface area contributed by atoms with Crippen molar-refractivity contribution in [3.05, 3.63) is 47.5 Å². The van der Waals surface area contributed by atoms with Crippen LogP contribution in [0.25, 0.3) is 0 Å². The highest BCUT2D eigenvalue weighted by molar-refractivity contribution is 6.14. The summed E-state index contributed by atoms with van der Waals surface area (Å²) in [5, 5.41) is 28.7. The number of benzene rings is 2. The summed E-state index contributed by atoms with van der Waals surface area (Å²) in [5.74, 6) is -3.63. The van der Waals surface area contributed by atoms with Crippen LogP contribution >= 0.6 is 0 Å². The zero-order valence-corrected chi connectivity index (χ0v) is 20.8. The van der Waals surface area contributed by atoms with E-state index in [0.29, 0.717) is 0 Å². The Hall–Kier alpha value is -3.55. The van der Waals surface area contributed by atoms with Crippen molar-refractivity contribution in [1.82, 2.24) is 5.32 Å². The van der Waals surface area contributed by atoms with E-state index in [2.05, 4.69) is 16.0 Å². The molecule has 8 nitrogen and oxygen atoms in total. The maximum Gasteiger partial charge on any atom is 0.238 e. The molecule has 0 aromatic heterocycles. The van der Waals surface area contributed by atoms with Gasteiger partial charge in [0.2, 0.25) is 17.7 Å². The van der Waals surface area contributed by atoms with Gasteiger partial charge in [0, 0.05) is 6.04 Å². The van der Waals surface area contributed by atoms with Crippen molar-refractivity contribution < 1.29 is 24.6 Å². The van der Waals surface area contributed by atoms with Crippen molar-refractivity contribution in [1.29, 1.82) is 0 Å². The number of phenols is 2. The molecule has 1 aliphatic carbocycles. The van der Waals surface area contributed by atoms with Crippen LogP contribution in [0.5, 0.6) is 11.5 Å². The number of nitrogens with one attached hydrogen (secondary N) is 3. The predicted molar refractivity (Wildman–Crippen MR) is 135 cm³/mol. The van der Waals surface area contributed by atoms with Gasteiger partial charge in [0.05, 0.1) is 16.8 Å². The first-order chi connectivity index (χ1) is 16.5. The number of aromatic hydroxyl groups is 2. The predicted octanol–water partition coefficient (Wildman–Crippen LogP) is 4.38. The molecule has 0 spiro atoms. The fourth-order valence-corrected chi connectivity index (χ4v) is 4.43. The van der Waals surface area contributed by atoms with Crippen LogP contribution in [0.4, 0.5) is 11.4 Å². The van der Waals surface area contributed by atoms with Gasteiger partial charge in [-0.2, -0.15) is 0 Å². The number of phenolic OH excluding ortho intramolecular Hbond substituents is 2. The smallest absolute Gasteiger partial charge is 0.238 e. The van der Waals surface area contributed by atoms with E-state index in [-0.39, 0.29) is 28.9 Å². The Morgan fingerprint density at radius 1 is 0.829 bits per heavy atom. The average molecular weight is 482 g/mol. The number of rotatable bonds is 7. The van der Waals surface area contributed by atoms with Gasteiger partial charge in [-0.05, 0) is 75.9 Å². The van der Waals surface area contributed by atoms with Crippen molar-refractivity contribution in [3.8, 4) is 11.5 Å². The first kappa shape index (κ1) is 26.1. The van der Waals surface area contributed by atoms with Crippen LogP contribution in [-0.4, -0.2) is 34.0 Å². The van der Waals surface area contributed by atoms with Crippen LogP contribution in [0.3, 0.4) is 0 Å². The molecule has 3 amide bonds. The molecule has 0 unspecified atom stereocenters. The summed E-state index contributed by atoms with van der Waals surface area (Å²) in [5.41, 5.74) is 0.477. The summed E-state index contributed by atoms with van der Waals surface area (Å²) < 4.78 is 0. The maximum atomic E-state index is 13.5. The van der Waals surface area contributed by atoms with E-state index < -0.39 is 29.1 Å². The first-order valence-corrected chi connectivity index (χ1v) is 12.0. The molecule has 0 bridgehead atoms. The van der Waals surface area contributed by atoms with E-state index in [0.717, 1.165) is 43.2 Å². The van der Waals surface area contributed by atoms with Crippen molar-refractivity contribution in [2.75, 3.05) is 10.6 Å². The lowest BCUT2D eigenvalue weighted by atomic mass is 9.76. The summed E-state index contributed by atoms with van der Waals surface area (Å²) in [6, 6.07) is 9.46.